The van der Waals surface area contributed by atoms with Crippen molar-refractivity contribution in [2.24, 2.45) is 0 Å². The van der Waals surface area contributed by atoms with Gasteiger partial charge in [-0.3, -0.25) is 9.59 Å². The van der Waals surface area contributed by atoms with Crippen LogP contribution in [0.1, 0.15) is 37.4 Å². The van der Waals surface area contributed by atoms with Gasteiger partial charge in [-0.1, -0.05) is 48.5 Å². The first-order chi connectivity index (χ1) is 14.0. The van der Waals surface area contributed by atoms with E-state index in [-0.39, 0.29) is 23.1 Å². The maximum atomic E-state index is 12.9. The van der Waals surface area contributed by atoms with Crippen molar-refractivity contribution in [3.63, 3.8) is 0 Å². The van der Waals surface area contributed by atoms with Crippen molar-refractivity contribution in [2.75, 3.05) is 14.1 Å². The van der Waals surface area contributed by atoms with Crippen LogP contribution < -0.4 is 5.32 Å². The lowest BCUT2D eigenvalue weighted by atomic mass is 10.0. The highest BCUT2D eigenvalue weighted by Crippen LogP contribution is 2.22. The van der Waals surface area contributed by atoms with Crippen LogP contribution in [0.4, 0.5) is 0 Å². The smallest absolute Gasteiger partial charge is 0.257 e. The van der Waals surface area contributed by atoms with Gasteiger partial charge in [0.25, 0.3) is 11.8 Å². The summed E-state index contributed by atoms with van der Waals surface area (Å²) < 4.78 is 0. The molecule has 0 aliphatic heterocycles. The van der Waals surface area contributed by atoms with Crippen LogP contribution in [-0.4, -0.2) is 35.9 Å². The number of nitrogens with zero attached hydrogens (tertiary/aromatic N) is 1. The minimum absolute atomic E-state index is 0.0337. The highest BCUT2D eigenvalue weighted by atomic mass is 16.3. The van der Waals surface area contributed by atoms with Crippen LogP contribution in [0.2, 0.25) is 0 Å². The molecule has 3 aromatic rings. The largest absolute Gasteiger partial charge is 0.507 e. The predicted octanol–water partition coefficient (Wildman–Crippen LogP) is 3.61. The van der Waals surface area contributed by atoms with Crippen molar-refractivity contribution in [1.82, 2.24) is 10.2 Å². The number of carbonyl (C=O) groups excluding carboxylic acids is 2. The minimum Gasteiger partial charge on any atom is -0.507 e. The molecule has 2 amide bonds. The first-order valence-corrected chi connectivity index (χ1v) is 9.40. The standard InChI is InChI=1S/C24H24N2O3/c1-25-23(28)20-11-8-18(9-12-20)16-26(2)24(29)21-15-19(10-13-22(21)27)14-17-6-4-3-5-7-17/h3-13,15,27H,14,16H2,1-2H3,(H,25,28). The van der Waals surface area contributed by atoms with E-state index in [4.69, 9.17) is 0 Å². The fourth-order valence-corrected chi connectivity index (χ4v) is 3.15. The molecule has 0 bridgehead atoms. The number of benzene rings is 3. The van der Waals surface area contributed by atoms with Crippen molar-refractivity contribution in [3.05, 3.63) is 101 Å². The summed E-state index contributed by atoms with van der Waals surface area (Å²) in [7, 11) is 3.28. The zero-order valence-electron chi connectivity index (χ0n) is 16.6. The first-order valence-electron chi connectivity index (χ1n) is 9.40. The number of phenolic OH excluding ortho intramolecular Hbond substituents is 1. The van der Waals surface area contributed by atoms with Crippen molar-refractivity contribution < 1.29 is 14.7 Å². The molecule has 0 atom stereocenters. The highest BCUT2D eigenvalue weighted by molar-refractivity contribution is 5.97. The maximum absolute atomic E-state index is 12.9. The van der Waals surface area contributed by atoms with Gasteiger partial charge >= 0.3 is 0 Å². The molecule has 0 saturated carbocycles. The van der Waals surface area contributed by atoms with Crippen molar-refractivity contribution in [3.8, 4) is 5.75 Å². The first kappa shape index (κ1) is 20.1. The minimum atomic E-state index is -0.257. The molecule has 0 spiro atoms. The molecule has 0 fully saturated rings. The zero-order valence-corrected chi connectivity index (χ0v) is 16.6. The molecule has 0 aliphatic carbocycles. The lowest BCUT2D eigenvalue weighted by molar-refractivity contribution is 0.0781. The van der Waals surface area contributed by atoms with E-state index in [1.165, 1.54) is 0 Å². The number of hydrogen-bond donors (Lipinski definition) is 2. The monoisotopic (exact) mass is 388 g/mol. The summed E-state index contributed by atoms with van der Waals surface area (Å²) in [4.78, 5) is 26.1. The van der Waals surface area contributed by atoms with Crippen molar-refractivity contribution >= 4 is 11.8 Å². The van der Waals surface area contributed by atoms with E-state index in [0.717, 1.165) is 16.7 Å². The third-order valence-corrected chi connectivity index (χ3v) is 4.75. The van der Waals surface area contributed by atoms with Crippen LogP contribution in [0.3, 0.4) is 0 Å². The molecule has 5 nitrogen and oxygen atoms in total. The van der Waals surface area contributed by atoms with Gasteiger partial charge in [0, 0.05) is 26.2 Å². The Morgan fingerprint density at radius 3 is 2.21 bits per heavy atom. The summed E-state index contributed by atoms with van der Waals surface area (Å²) in [5, 5.41) is 12.8. The van der Waals surface area contributed by atoms with Gasteiger partial charge in [0.2, 0.25) is 0 Å². The lowest BCUT2D eigenvalue weighted by Crippen LogP contribution is -2.26. The second-order valence-electron chi connectivity index (χ2n) is 6.95. The number of carbonyl (C=O) groups is 2. The summed E-state index contributed by atoms with van der Waals surface area (Å²) in [6.45, 7) is 0.370. The topological polar surface area (TPSA) is 69.6 Å². The molecular weight excluding hydrogens is 364 g/mol. The van der Waals surface area contributed by atoms with E-state index in [2.05, 4.69) is 5.32 Å². The third kappa shape index (κ3) is 5.02. The van der Waals surface area contributed by atoms with Gasteiger partial charge in [0.05, 0.1) is 5.56 Å². The van der Waals surface area contributed by atoms with E-state index >= 15 is 0 Å². The Kier molecular flexibility index (Phi) is 6.29. The SMILES string of the molecule is CNC(=O)c1ccc(CN(C)C(=O)c2cc(Cc3ccccc3)ccc2O)cc1. The Hall–Kier alpha value is -3.60. The summed E-state index contributed by atoms with van der Waals surface area (Å²) in [6.07, 6.45) is 0.687. The summed E-state index contributed by atoms with van der Waals surface area (Å²) in [6, 6.07) is 22.2. The van der Waals surface area contributed by atoms with E-state index in [9.17, 15) is 14.7 Å². The van der Waals surface area contributed by atoms with Gasteiger partial charge in [0.15, 0.2) is 0 Å². The Morgan fingerprint density at radius 2 is 1.55 bits per heavy atom. The number of aromatic hydroxyl groups is 1. The molecule has 148 valence electrons. The van der Waals surface area contributed by atoms with Gasteiger partial charge in [0.1, 0.15) is 5.75 Å². The Morgan fingerprint density at radius 1 is 0.897 bits per heavy atom. The molecule has 0 aliphatic rings. The van der Waals surface area contributed by atoms with Crippen LogP contribution in [0.25, 0.3) is 0 Å². The molecule has 3 aromatic carbocycles. The number of amides is 2. The van der Waals surface area contributed by atoms with Crippen LogP contribution in [-0.2, 0) is 13.0 Å². The molecule has 5 heteroatoms. The van der Waals surface area contributed by atoms with Gasteiger partial charge in [-0.05, 0) is 47.4 Å². The molecular formula is C24H24N2O3. The average Bonchev–Trinajstić information content (AvgIpc) is 2.75. The number of nitrogens with one attached hydrogen (secondary N) is 1. The third-order valence-electron chi connectivity index (χ3n) is 4.75. The van der Waals surface area contributed by atoms with E-state index in [0.29, 0.717) is 18.5 Å². The fourth-order valence-electron chi connectivity index (χ4n) is 3.15. The molecule has 29 heavy (non-hydrogen) atoms. The molecule has 0 saturated heterocycles. The molecule has 0 radical (unpaired) electrons. The van der Waals surface area contributed by atoms with Crippen LogP contribution in [0, 0.1) is 0 Å². The number of hydrogen-bond acceptors (Lipinski definition) is 3. The van der Waals surface area contributed by atoms with Gasteiger partial charge in [-0.15, -0.1) is 0 Å². The summed E-state index contributed by atoms with van der Waals surface area (Å²) in [5.41, 5.74) is 3.84. The van der Waals surface area contributed by atoms with Crippen LogP contribution in [0.5, 0.6) is 5.75 Å². The van der Waals surface area contributed by atoms with E-state index in [1.807, 2.05) is 48.5 Å². The lowest BCUT2D eigenvalue weighted by Gasteiger charge is -2.19. The predicted molar refractivity (Wildman–Crippen MR) is 113 cm³/mol. The highest BCUT2D eigenvalue weighted by Gasteiger charge is 2.17. The van der Waals surface area contributed by atoms with E-state index < -0.39 is 0 Å². The fraction of sp³-hybridized carbons (Fsp3) is 0.167. The van der Waals surface area contributed by atoms with Crippen LogP contribution >= 0.6 is 0 Å². The van der Waals surface area contributed by atoms with Gasteiger partial charge in [-0.25, -0.2) is 0 Å². The van der Waals surface area contributed by atoms with Crippen molar-refractivity contribution in [2.45, 2.75) is 13.0 Å². The Balaban J connectivity index is 1.73. The maximum Gasteiger partial charge on any atom is 0.257 e. The van der Waals surface area contributed by atoms with Gasteiger partial charge in [-0.2, -0.15) is 0 Å². The molecule has 0 aromatic heterocycles. The second kappa shape index (κ2) is 9.06. The quantitative estimate of drug-likeness (QED) is 0.678. The Bertz CT molecular complexity index is 998. The molecule has 2 N–H and O–H groups in total. The molecule has 0 unspecified atom stereocenters. The zero-order chi connectivity index (χ0) is 20.8. The van der Waals surface area contributed by atoms with Gasteiger partial charge < -0.3 is 15.3 Å². The Labute approximate surface area is 170 Å². The molecule has 3 rings (SSSR count). The molecule has 0 heterocycles. The normalized spacial score (nSPS) is 10.4. The van der Waals surface area contributed by atoms with Crippen LogP contribution in [0.15, 0.2) is 72.8 Å². The van der Waals surface area contributed by atoms with E-state index in [1.54, 1.807) is 43.3 Å². The number of phenols is 1. The number of rotatable bonds is 6. The summed E-state index contributed by atoms with van der Waals surface area (Å²) in [5.74, 6) is -0.442. The van der Waals surface area contributed by atoms with Crippen molar-refractivity contribution in [1.29, 1.82) is 0 Å². The summed E-state index contributed by atoms with van der Waals surface area (Å²) >= 11 is 0. The second-order valence-corrected chi connectivity index (χ2v) is 6.95. The average molecular weight is 388 g/mol.